The Morgan fingerprint density at radius 1 is 1.30 bits per heavy atom. The minimum Gasteiger partial charge on any atom is -0.481 e. The number of nitrogens with zero attached hydrogens (tertiary/aromatic N) is 2. The number of aromatic nitrogens is 2. The Morgan fingerprint density at radius 3 is 2.63 bits per heavy atom. The third-order valence-corrected chi connectivity index (χ3v) is 5.76. The van der Waals surface area contributed by atoms with Gasteiger partial charge in [0.2, 0.25) is 0 Å². The van der Waals surface area contributed by atoms with Gasteiger partial charge in [0.1, 0.15) is 5.75 Å². The van der Waals surface area contributed by atoms with Crippen molar-refractivity contribution < 1.29 is 23.1 Å². The third kappa shape index (κ3) is 4.79. The number of nitrogens with one attached hydrogen (secondary N) is 1. The Balaban J connectivity index is 2.33. The zero-order chi connectivity index (χ0) is 20.2. The first kappa shape index (κ1) is 20.8. The van der Waals surface area contributed by atoms with Gasteiger partial charge in [-0.05, 0) is 38.8 Å². The maximum atomic E-state index is 12.9. The lowest BCUT2D eigenvalue weighted by molar-refractivity contribution is -0.139. The highest BCUT2D eigenvalue weighted by molar-refractivity contribution is 7.92. The van der Waals surface area contributed by atoms with E-state index in [1.807, 2.05) is 6.92 Å². The summed E-state index contributed by atoms with van der Waals surface area (Å²) in [6.07, 6.45) is 3.46. The van der Waals surface area contributed by atoms with Crippen LogP contribution in [0.5, 0.6) is 5.75 Å². The molecule has 0 aliphatic heterocycles. The molecule has 0 bridgehead atoms. The standard InChI is InChI=1S/C18H25N3O5S/c1-5-6-9-21-14(4)15(10-19-21)20-27(24,25)16-8-7-12(2)18(13(16)3)26-11-17(22)23/h7-8,10,20H,5-6,9,11H2,1-4H3,(H,22,23). The summed E-state index contributed by atoms with van der Waals surface area (Å²) in [6, 6.07) is 3.08. The van der Waals surface area contributed by atoms with Gasteiger partial charge >= 0.3 is 5.97 Å². The summed E-state index contributed by atoms with van der Waals surface area (Å²) in [4.78, 5) is 10.8. The van der Waals surface area contributed by atoms with Crippen LogP contribution < -0.4 is 9.46 Å². The second-order valence-corrected chi connectivity index (χ2v) is 7.99. The van der Waals surface area contributed by atoms with Gasteiger partial charge in [-0.15, -0.1) is 0 Å². The van der Waals surface area contributed by atoms with Gasteiger partial charge in [0.25, 0.3) is 10.0 Å². The monoisotopic (exact) mass is 395 g/mol. The second-order valence-electron chi connectivity index (χ2n) is 6.34. The molecule has 0 spiro atoms. The lowest BCUT2D eigenvalue weighted by Crippen LogP contribution is -2.17. The molecule has 1 heterocycles. The molecule has 2 N–H and O–H groups in total. The Bertz CT molecular complexity index is 935. The van der Waals surface area contributed by atoms with E-state index in [4.69, 9.17) is 9.84 Å². The Morgan fingerprint density at radius 2 is 2.00 bits per heavy atom. The van der Waals surface area contributed by atoms with Crippen molar-refractivity contribution in [1.82, 2.24) is 9.78 Å². The van der Waals surface area contributed by atoms with Gasteiger partial charge in [0.15, 0.2) is 6.61 Å². The molecule has 27 heavy (non-hydrogen) atoms. The number of aliphatic carboxylic acids is 1. The van der Waals surface area contributed by atoms with Crippen molar-refractivity contribution in [3.8, 4) is 5.75 Å². The highest BCUT2D eigenvalue weighted by atomic mass is 32.2. The maximum absolute atomic E-state index is 12.9. The fourth-order valence-electron chi connectivity index (χ4n) is 2.74. The van der Waals surface area contributed by atoms with Crippen molar-refractivity contribution in [2.75, 3.05) is 11.3 Å². The highest BCUT2D eigenvalue weighted by Crippen LogP contribution is 2.30. The number of carbonyl (C=O) groups is 1. The number of anilines is 1. The summed E-state index contributed by atoms with van der Waals surface area (Å²) in [6.45, 7) is 7.39. The van der Waals surface area contributed by atoms with E-state index >= 15 is 0 Å². The van der Waals surface area contributed by atoms with E-state index < -0.39 is 22.6 Å². The summed E-state index contributed by atoms with van der Waals surface area (Å²) >= 11 is 0. The Labute approximate surface area is 159 Å². The number of ether oxygens (including phenoxy) is 1. The van der Waals surface area contributed by atoms with Gasteiger partial charge in [-0.2, -0.15) is 5.10 Å². The van der Waals surface area contributed by atoms with E-state index in [2.05, 4.69) is 16.7 Å². The maximum Gasteiger partial charge on any atom is 0.341 e. The van der Waals surface area contributed by atoms with Crippen molar-refractivity contribution in [3.63, 3.8) is 0 Å². The summed E-state index contributed by atoms with van der Waals surface area (Å²) in [5.74, 6) is -0.869. The molecule has 2 rings (SSSR count). The van der Waals surface area contributed by atoms with E-state index in [0.717, 1.165) is 25.1 Å². The van der Waals surface area contributed by atoms with Crippen LogP contribution in [-0.2, 0) is 21.4 Å². The molecule has 0 atom stereocenters. The number of sulfonamides is 1. The van der Waals surface area contributed by atoms with Crippen LogP contribution in [0.2, 0.25) is 0 Å². The molecule has 0 amide bonds. The molecule has 0 radical (unpaired) electrons. The number of carboxylic acid groups (broad SMARTS) is 1. The molecule has 0 fully saturated rings. The smallest absolute Gasteiger partial charge is 0.341 e. The second kappa shape index (κ2) is 8.43. The molecule has 8 nitrogen and oxygen atoms in total. The first-order valence-corrected chi connectivity index (χ1v) is 10.2. The van der Waals surface area contributed by atoms with Crippen molar-refractivity contribution in [2.45, 2.75) is 52.0 Å². The fourth-order valence-corrected chi connectivity index (χ4v) is 4.08. The molecule has 1 aromatic heterocycles. The Kier molecular flexibility index (Phi) is 6.48. The van der Waals surface area contributed by atoms with Gasteiger partial charge in [-0.3, -0.25) is 9.40 Å². The van der Waals surface area contributed by atoms with Crippen molar-refractivity contribution in [2.24, 2.45) is 0 Å². The number of hydrogen-bond acceptors (Lipinski definition) is 5. The van der Waals surface area contributed by atoms with Crippen LogP contribution in [0, 0.1) is 20.8 Å². The minimum atomic E-state index is -3.88. The fraction of sp³-hybridized carbons (Fsp3) is 0.444. The largest absolute Gasteiger partial charge is 0.481 e. The molecule has 0 aliphatic rings. The zero-order valence-corrected chi connectivity index (χ0v) is 16.8. The Hall–Kier alpha value is -2.55. The summed E-state index contributed by atoms with van der Waals surface area (Å²) in [5.41, 5.74) is 2.18. The number of rotatable bonds is 9. The van der Waals surface area contributed by atoms with Gasteiger partial charge in [0, 0.05) is 12.1 Å². The number of carboxylic acids is 1. The number of unbranched alkanes of at least 4 members (excludes halogenated alkanes) is 1. The number of hydrogen-bond donors (Lipinski definition) is 2. The lowest BCUT2D eigenvalue weighted by atomic mass is 10.1. The van der Waals surface area contributed by atoms with Gasteiger partial charge in [-0.1, -0.05) is 19.4 Å². The zero-order valence-electron chi connectivity index (χ0n) is 15.9. The van der Waals surface area contributed by atoms with Crippen molar-refractivity contribution in [1.29, 1.82) is 0 Å². The topological polar surface area (TPSA) is 111 Å². The van der Waals surface area contributed by atoms with Crippen LogP contribution in [0.3, 0.4) is 0 Å². The summed E-state index contributed by atoms with van der Waals surface area (Å²) in [7, 11) is -3.88. The highest BCUT2D eigenvalue weighted by Gasteiger charge is 2.22. The average molecular weight is 395 g/mol. The van der Waals surface area contributed by atoms with E-state index in [9.17, 15) is 13.2 Å². The lowest BCUT2D eigenvalue weighted by Gasteiger charge is -2.15. The van der Waals surface area contributed by atoms with E-state index in [0.29, 0.717) is 16.8 Å². The summed E-state index contributed by atoms with van der Waals surface area (Å²) < 4.78 is 35.4. The molecule has 0 aliphatic carbocycles. The van der Waals surface area contributed by atoms with Crippen LogP contribution in [0.4, 0.5) is 5.69 Å². The van der Waals surface area contributed by atoms with Crippen molar-refractivity contribution >= 4 is 21.7 Å². The molecule has 0 unspecified atom stereocenters. The first-order chi connectivity index (χ1) is 12.7. The average Bonchev–Trinajstić information content (AvgIpc) is 2.91. The number of benzene rings is 1. The molecule has 2 aromatic rings. The molecule has 148 valence electrons. The molecule has 9 heteroatoms. The first-order valence-electron chi connectivity index (χ1n) is 8.67. The molecular weight excluding hydrogens is 370 g/mol. The molecule has 1 aromatic carbocycles. The SMILES string of the molecule is CCCCn1ncc(NS(=O)(=O)c2ccc(C)c(OCC(=O)O)c2C)c1C. The van der Waals surface area contributed by atoms with E-state index in [1.54, 1.807) is 24.6 Å². The quantitative estimate of drug-likeness (QED) is 0.675. The normalized spacial score (nSPS) is 11.4. The van der Waals surface area contributed by atoms with Crippen LogP contribution >= 0.6 is 0 Å². The van der Waals surface area contributed by atoms with Crippen LogP contribution in [0.15, 0.2) is 23.2 Å². The predicted molar refractivity (Wildman–Crippen MR) is 102 cm³/mol. The third-order valence-electron chi connectivity index (χ3n) is 4.25. The molecular formula is C18H25N3O5S. The van der Waals surface area contributed by atoms with E-state index in [1.165, 1.54) is 12.3 Å². The van der Waals surface area contributed by atoms with Crippen LogP contribution in [0.1, 0.15) is 36.6 Å². The number of aryl methyl sites for hydroxylation is 2. The van der Waals surface area contributed by atoms with Gasteiger partial charge < -0.3 is 9.84 Å². The van der Waals surface area contributed by atoms with Gasteiger partial charge in [0.05, 0.1) is 22.5 Å². The van der Waals surface area contributed by atoms with Crippen molar-refractivity contribution in [3.05, 3.63) is 35.2 Å². The van der Waals surface area contributed by atoms with E-state index in [-0.39, 0.29) is 10.6 Å². The molecule has 0 saturated heterocycles. The van der Waals surface area contributed by atoms with Crippen LogP contribution in [0.25, 0.3) is 0 Å². The predicted octanol–water partition coefficient (Wildman–Crippen LogP) is 2.87. The molecule has 0 saturated carbocycles. The summed E-state index contributed by atoms with van der Waals surface area (Å²) in [5, 5.41) is 13.0. The van der Waals surface area contributed by atoms with Gasteiger partial charge in [-0.25, -0.2) is 13.2 Å². The minimum absolute atomic E-state index is 0.0363. The van der Waals surface area contributed by atoms with Crippen LogP contribution in [-0.4, -0.2) is 35.9 Å².